The summed E-state index contributed by atoms with van der Waals surface area (Å²) in [5.41, 5.74) is 0.515. The summed E-state index contributed by atoms with van der Waals surface area (Å²) >= 11 is 0. The van der Waals surface area contributed by atoms with Gasteiger partial charge in [-0.25, -0.2) is 0 Å². The van der Waals surface area contributed by atoms with E-state index >= 15 is 0 Å². The second kappa shape index (κ2) is 3.77. The van der Waals surface area contributed by atoms with Crippen LogP contribution in [0.25, 0.3) is 0 Å². The van der Waals surface area contributed by atoms with E-state index in [1.807, 2.05) is 0 Å². The third-order valence-electron chi connectivity index (χ3n) is 1.41. The van der Waals surface area contributed by atoms with E-state index in [1.165, 1.54) is 12.4 Å². The van der Waals surface area contributed by atoms with E-state index in [9.17, 15) is 15.2 Å². The summed E-state index contributed by atoms with van der Waals surface area (Å²) in [7, 11) is 0. The van der Waals surface area contributed by atoms with Crippen molar-refractivity contribution in [2.75, 3.05) is 6.54 Å². The number of hydrogen-bond acceptors (Lipinski definition) is 4. The van der Waals surface area contributed by atoms with Gasteiger partial charge in [-0.3, -0.25) is 15.1 Å². The third-order valence-corrected chi connectivity index (χ3v) is 1.41. The minimum absolute atomic E-state index is 0.468. The van der Waals surface area contributed by atoms with Crippen molar-refractivity contribution in [1.29, 1.82) is 0 Å². The van der Waals surface area contributed by atoms with Gasteiger partial charge in [-0.2, -0.15) is 0 Å². The Hall–Kier alpha value is -1.49. The Kier molecular flexibility index (Phi) is 2.71. The molecule has 0 aliphatic carbocycles. The molecule has 1 aromatic rings. The van der Waals surface area contributed by atoms with Gasteiger partial charge in [0.25, 0.3) is 0 Å². The van der Waals surface area contributed by atoms with Crippen molar-refractivity contribution in [2.24, 2.45) is 0 Å². The molecule has 1 atom stereocenters. The van der Waals surface area contributed by atoms with E-state index in [1.54, 1.807) is 12.1 Å². The fourth-order valence-electron chi connectivity index (χ4n) is 0.832. The van der Waals surface area contributed by atoms with Gasteiger partial charge < -0.3 is 5.11 Å². The quantitative estimate of drug-likeness (QED) is 0.523. The number of aliphatic hydroxyl groups excluding tert-OH is 1. The number of nitrogens with zero attached hydrogens (tertiary/aromatic N) is 2. The molecule has 12 heavy (non-hydrogen) atoms. The molecule has 0 amide bonds. The van der Waals surface area contributed by atoms with Crippen LogP contribution in [0.3, 0.4) is 0 Å². The fraction of sp³-hybridized carbons (Fsp3) is 0.286. The first-order valence-electron chi connectivity index (χ1n) is 3.40. The molecule has 0 fully saturated rings. The average molecular weight is 168 g/mol. The molecule has 0 radical (unpaired) electrons. The normalized spacial score (nSPS) is 12.4. The van der Waals surface area contributed by atoms with Gasteiger partial charge in [-0.15, -0.1) is 0 Å². The number of aliphatic hydroxyl groups is 1. The molecule has 1 heterocycles. The summed E-state index contributed by atoms with van der Waals surface area (Å²) < 4.78 is 0. The maximum absolute atomic E-state index is 10.0. The summed E-state index contributed by atoms with van der Waals surface area (Å²) in [6.45, 7) is -0.468. The molecule has 0 unspecified atom stereocenters. The van der Waals surface area contributed by atoms with E-state index in [2.05, 4.69) is 4.98 Å². The lowest BCUT2D eigenvalue weighted by Gasteiger charge is -2.04. The fourth-order valence-corrected chi connectivity index (χ4v) is 0.832. The molecular formula is C7H8N2O3. The summed E-state index contributed by atoms with van der Waals surface area (Å²) in [5, 5.41) is 19.2. The van der Waals surface area contributed by atoms with Crippen molar-refractivity contribution in [3.05, 3.63) is 40.2 Å². The van der Waals surface area contributed by atoms with Crippen molar-refractivity contribution in [3.8, 4) is 0 Å². The Morgan fingerprint density at radius 3 is 2.67 bits per heavy atom. The van der Waals surface area contributed by atoms with Crippen LogP contribution >= 0.6 is 0 Å². The molecule has 0 saturated carbocycles. The van der Waals surface area contributed by atoms with Crippen LogP contribution in [-0.2, 0) is 0 Å². The molecule has 0 bridgehead atoms. The van der Waals surface area contributed by atoms with Crippen LogP contribution in [0, 0.1) is 10.1 Å². The predicted molar refractivity (Wildman–Crippen MR) is 41.1 cm³/mol. The van der Waals surface area contributed by atoms with Crippen LogP contribution < -0.4 is 0 Å². The molecule has 1 rings (SSSR count). The van der Waals surface area contributed by atoms with E-state index in [0.717, 1.165) is 0 Å². The monoisotopic (exact) mass is 168 g/mol. The lowest BCUT2D eigenvalue weighted by atomic mass is 10.1. The highest BCUT2D eigenvalue weighted by Crippen LogP contribution is 2.10. The maximum atomic E-state index is 10.0. The van der Waals surface area contributed by atoms with Crippen LogP contribution in [0.1, 0.15) is 11.7 Å². The van der Waals surface area contributed by atoms with Crippen molar-refractivity contribution in [1.82, 2.24) is 4.98 Å². The van der Waals surface area contributed by atoms with E-state index < -0.39 is 17.6 Å². The zero-order valence-electron chi connectivity index (χ0n) is 6.25. The smallest absolute Gasteiger partial charge is 0.233 e. The number of pyridine rings is 1. The Balaban J connectivity index is 2.65. The van der Waals surface area contributed by atoms with Gasteiger partial charge in [0.1, 0.15) is 6.10 Å². The highest BCUT2D eigenvalue weighted by Gasteiger charge is 2.12. The molecule has 0 aliphatic rings. The highest BCUT2D eigenvalue weighted by atomic mass is 16.6. The average Bonchev–Trinajstić information content (AvgIpc) is 2.05. The first kappa shape index (κ1) is 8.61. The predicted octanol–water partition coefficient (Wildman–Crippen LogP) is 0.392. The summed E-state index contributed by atoms with van der Waals surface area (Å²) in [6.07, 6.45) is 1.93. The first-order valence-corrected chi connectivity index (χ1v) is 3.40. The zero-order chi connectivity index (χ0) is 8.97. The van der Waals surface area contributed by atoms with E-state index in [0.29, 0.717) is 5.56 Å². The van der Waals surface area contributed by atoms with Crippen LogP contribution in [-0.4, -0.2) is 21.6 Å². The molecule has 5 heteroatoms. The number of rotatable bonds is 3. The molecule has 5 nitrogen and oxygen atoms in total. The summed E-state index contributed by atoms with van der Waals surface area (Å²) in [5.74, 6) is 0. The summed E-state index contributed by atoms with van der Waals surface area (Å²) in [6, 6.07) is 3.10. The van der Waals surface area contributed by atoms with Gasteiger partial charge in [-0.05, 0) is 17.7 Å². The lowest BCUT2D eigenvalue weighted by Crippen LogP contribution is -2.11. The second-order valence-electron chi connectivity index (χ2n) is 2.31. The van der Waals surface area contributed by atoms with E-state index in [-0.39, 0.29) is 0 Å². The second-order valence-corrected chi connectivity index (χ2v) is 2.31. The van der Waals surface area contributed by atoms with Crippen molar-refractivity contribution < 1.29 is 10.0 Å². The standard InChI is InChI=1S/C7H8N2O3/c10-7(5-9(11)12)6-1-3-8-4-2-6/h1-4,7,10H,5H2/t7-/m1/s1. The molecule has 1 N–H and O–H groups in total. The van der Waals surface area contributed by atoms with Gasteiger partial charge in [0, 0.05) is 17.3 Å². The zero-order valence-corrected chi connectivity index (χ0v) is 6.25. The molecule has 1 aromatic heterocycles. The minimum atomic E-state index is -1.04. The van der Waals surface area contributed by atoms with Crippen LogP contribution in [0.4, 0.5) is 0 Å². The van der Waals surface area contributed by atoms with Crippen LogP contribution in [0.2, 0.25) is 0 Å². The molecule has 0 aromatic carbocycles. The van der Waals surface area contributed by atoms with Gasteiger partial charge in [0.2, 0.25) is 6.54 Å². The topological polar surface area (TPSA) is 76.3 Å². The minimum Gasteiger partial charge on any atom is -0.382 e. The number of hydrogen-bond donors (Lipinski definition) is 1. The Morgan fingerprint density at radius 2 is 2.17 bits per heavy atom. The molecule has 0 saturated heterocycles. The Labute approximate surface area is 68.8 Å². The Morgan fingerprint density at radius 1 is 1.58 bits per heavy atom. The molecule has 0 spiro atoms. The van der Waals surface area contributed by atoms with Crippen molar-refractivity contribution >= 4 is 0 Å². The van der Waals surface area contributed by atoms with Crippen molar-refractivity contribution in [3.63, 3.8) is 0 Å². The number of nitro groups is 1. The molecule has 0 aliphatic heterocycles. The van der Waals surface area contributed by atoms with E-state index in [4.69, 9.17) is 0 Å². The lowest BCUT2D eigenvalue weighted by molar-refractivity contribution is -0.491. The molecule has 64 valence electrons. The van der Waals surface area contributed by atoms with Gasteiger partial charge in [-0.1, -0.05) is 0 Å². The molecular weight excluding hydrogens is 160 g/mol. The first-order chi connectivity index (χ1) is 5.70. The van der Waals surface area contributed by atoms with Gasteiger partial charge in [0.05, 0.1) is 0 Å². The van der Waals surface area contributed by atoms with Crippen molar-refractivity contribution in [2.45, 2.75) is 6.10 Å². The number of aromatic nitrogens is 1. The Bertz CT molecular complexity index is 263. The SMILES string of the molecule is O=[N+]([O-])C[C@@H](O)c1ccncc1. The van der Waals surface area contributed by atoms with Crippen LogP contribution in [0.5, 0.6) is 0 Å². The third kappa shape index (κ3) is 2.28. The highest BCUT2D eigenvalue weighted by molar-refractivity contribution is 5.12. The largest absolute Gasteiger partial charge is 0.382 e. The van der Waals surface area contributed by atoms with Crippen LogP contribution in [0.15, 0.2) is 24.5 Å². The summed E-state index contributed by atoms with van der Waals surface area (Å²) in [4.78, 5) is 13.2. The maximum Gasteiger partial charge on any atom is 0.233 e. The van der Waals surface area contributed by atoms with Gasteiger partial charge >= 0.3 is 0 Å². The van der Waals surface area contributed by atoms with Gasteiger partial charge in [0.15, 0.2) is 0 Å².